The zero-order valence-electron chi connectivity index (χ0n) is 13.6. The molecule has 1 atom stereocenters. The van der Waals surface area contributed by atoms with Crippen LogP contribution in [0.15, 0.2) is 24.3 Å². The van der Waals surface area contributed by atoms with E-state index in [-0.39, 0.29) is 11.4 Å². The van der Waals surface area contributed by atoms with Crippen molar-refractivity contribution in [3.05, 3.63) is 29.8 Å². The Balaban J connectivity index is 1.83. The molecule has 2 saturated heterocycles. The molecule has 0 saturated carbocycles. The van der Waals surface area contributed by atoms with Crippen LogP contribution in [0.25, 0.3) is 0 Å². The van der Waals surface area contributed by atoms with E-state index in [2.05, 4.69) is 11.0 Å². The summed E-state index contributed by atoms with van der Waals surface area (Å²) in [5, 5.41) is 9.08. The molecule has 0 aliphatic carbocycles. The van der Waals surface area contributed by atoms with Gasteiger partial charge in [-0.15, -0.1) is 0 Å². The standard InChI is InChI=1S/C18H23N3O2/c1-23-10-9-20-8-3-2-7-18(20)12-17(22)21(14-18)16-6-4-5-15(11-16)13-19/h4-6,11H,2-3,7-10,12,14H2,1H3/t18-/m0/s1. The van der Waals surface area contributed by atoms with Gasteiger partial charge in [0.1, 0.15) is 0 Å². The number of benzene rings is 1. The zero-order valence-corrected chi connectivity index (χ0v) is 13.6. The van der Waals surface area contributed by atoms with Crippen LogP contribution in [0.2, 0.25) is 0 Å². The van der Waals surface area contributed by atoms with Gasteiger partial charge in [0.15, 0.2) is 0 Å². The molecule has 0 aromatic heterocycles. The summed E-state index contributed by atoms with van der Waals surface area (Å²) in [5.41, 5.74) is 1.36. The number of hydrogen-bond donors (Lipinski definition) is 0. The van der Waals surface area contributed by atoms with E-state index in [9.17, 15) is 4.79 Å². The average Bonchev–Trinajstić information content (AvgIpc) is 2.91. The van der Waals surface area contributed by atoms with E-state index < -0.39 is 0 Å². The zero-order chi connectivity index (χ0) is 16.3. The lowest BCUT2D eigenvalue weighted by Gasteiger charge is -2.44. The van der Waals surface area contributed by atoms with Gasteiger partial charge in [-0.25, -0.2) is 0 Å². The fourth-order valence-corrected chi connectivity index (χ4v) is 3.88. The largest absolute Gasteiger partial charge is 0.383 e. The number of methoxy groups -OCH3 is 1. The lowest BCUT2D eigenvalue weighted by molar-refractivity contribution is -0.118. The molecule has 5 heteroatoms. The minimum absolute atomic E-state index is 0.0729. The van der Waals surface area contributed by atoms with Crippen LogP contribution in [0.1, 0.15) is 31.2 Å². The van der Waals surface area contributed by atoms with Crippen LogP contribution >= 0.6 is 0 Å². The highest BCUT2D eigenvalue weighted by Gasteiger charge is 2.48. The van der Waals surface area contributed by atoms with Crippen molar-refractivity contribution in [1.29, 1.82) is 5.26 Å². The van der Waals surface area contributed by atoms with Crippen molar-refractivity contribution in [3.8, 4) is 6.07 Å². The summed E-state index contributed by atoms with van der Waals surface area (Å²) in [4.78, 5) is 16.9. The second-order valence-corrected chi connectivity index (χ2v) is 6.48. The molecular weight excluding hydrogens is 290 g/mol. The van der Waals surface area contributed by atoms with E-state index in [0.717, 1.165) is 25.2 Å². The lowest BCUT2D eigenvalue weighted by atomic mass is 9.85. The molecule has 3 rings (SSSR count). The molecular formula is C18H23N3O2. The van der Waals surface area contributed by atoms with E-state index in [1.54, 1.807) is 19.2 Å². The van der Waals surface area contributed by atoms with Gasteiger partial charge < -0.3 is 9.64 Å². The molecule has 1 aromatic carbocycles. The Kier molecular flexibility index (Phi) is 4.65. The molecule has 0 bridgehead atoms. The van der Waals surface area contributed by atoms with Crippen molar-refractivity contribution >= 4 is 11.6 Å². The van der Waals surface area contributed by atoms with E-state index in [0.29, 0.717) is 25.1 Å². The lowest BCUT2D eigenvalue weighted by Crippen LogP contribution is -2.54. The Morgan fingerprint density at radius 1 is 1.39 bits per heavy atom. The SMILES string of the molecule is COCCN1CCCC[C@@]12CC(=O)N(c1cccc(C#N)c1)C2. The first-order chi connectivity index (χ1) is 11.2. The first kappa shape index (κ1) is 16.0. The van der Waals surface area contributed by atoms with E-state index in [1.807, 2.05) is 17.0 Å². The maximum Gasteiger partial charge on any atom is 0.228 e. The minimum atomic E-state index is -0.0729. The third-order valence-corrected chi connectivity index (χ3v) is 5.08. The van der Waals surface area contributed by atoms with Gasteiger partial charge in [0.05, 0.1) is 18.2 Å². The molecule has 2 aliphatic rings. The van der Waals surface area contributed by atoms with Crippen LogP contribution in [-0.4, -0.2) is 49.7 Å². The number of carbonyl (C=O) groups is 1. The summed E-state index contributed by atoms with van der Waals surface area (Å²) in [7, 11) is 1.72. The number of piperidine rings is 1. The predicted octanol–water partition coefficient (Wildman–Crippen LogP) is 2.17. The highest BCUT2D eigenvalue weighted by Crippen LogP contribution is 2.39. The van der Waals surface area contributed by atoms with Crippen LogP contribution in [0.4, 0.5) is 5.69 Å². The summed E-state index contributed by atoms with van der Waals surface area (Å²) in [6, 6.07) is 9.48. The fraction of sp³-hybridized carbons (Fsp3) is 0.556. The van der Waals surface area contributed by atoms with Crippen LogP contribution in [0.3, 0.4) is 0 Å². The second-order valence-electron chi connectivity index (χ2n) is 6.48. The maximum atomic E-state index is 12.7. The molecule has 2 aliphatic heterocycles. The smallest absolute Gasteiger partial charge is 0.228 e. The Hall–Kier alpha value is -1.90. The first-order valence-corrected chi connectivity index (χ1v) is 8.23. The third-order valence-electron chi connectivity index (χ3n) is 5.08. The number of ether oxygens (including phenoxy) is 1. The van der Waals surface area contributed by atoms with Gasteiger partial charge in [-0.05, 0) is 37.6 Å². The summed E-state index contributed by atoms with van der Waals surface area (Å²) < 4.78 is 5.24. The quantitative estimate of drug-likeness (QED) is 0.855. The number of anilines is 1. The predicted molar refractivity (Wildman–Crippen MR) is 88.2 cm³/mol. The normalized spacial score (nSPS) is 25.0. The van der Waals surface area contributed by atoms with E-state index in [1.165, 1.54) is 12.8 Å². The molecule has 23 heavy (non-hydrogen) atoms. The van der Waals surface area contributed by atoms with Crippen molar-refractivity contribution in [1.82, 2.24) is 4.90 Å². The molecule has 0 radical (unpaired) electrons. The van der Waals surface area contributed by atoms with Gasteiger partial charge in [-0.3, -0.25) is 9.69 Å². The van der Waals surface area contributed by atoms with Gasteiger partial charge in [-0.2, -0.15) is 5.26 Å². The van der Waals surface area contributed by atoms with Crippen LogP contribution in [0.5, 0.6) is 0 Å². The fourth-order valence-electron chi connectivity index (χ4n) is 3.88. The van der Waals surface area contributed by atoms with Crippen molar-refractivity contribution in [2.24, 2.45) is 0 Å². The number of carbonyl (C=O) groups excluding carboxylic acids is 1. The molecule has 0 unspecified atom stereocenters. The van der Waals surface area contributed by atoms with Gasteiger partial charge in [-0.1, -0.05) is 12.5 Å². The topological polar surface area (TPSA) is 56.6 Å². The molecule has 1 spiro atoms. The Morgan fingerprint density at radius 3 is 3.04 bits per heavy atom. The minimum Gasteiger partial charge on any atom is -0.383 e. The van der Waals surface area contributed by atoms with Gasteiger partial charge >= 0.3 is 0 Å². The van der Waals surface area contributed by atoms with Crippen LogP contribution in [0, 0.1) is 11.3 Å². The molecule has 1 aromatic rings. The van der Waals surface area contributed by atoms with Crippen molar-refractivity contribution in [3.63, 3.8) is 0 Å². The number of likely N-dealkylation sites (tertiary alicyclic amines) is 1. The number of amides is 1. The first-order valence-electron chi connectivity index (χ1n) is 8.23. The number of hydrogen-bond acceptors (Lipinski definition) is 4. The summed E-state index contributed by atoms with van der Waals surface area (Å²) >= 11 is 0. The van der Waals surface area contributed by atoms with Gasteiger partial charge in [0.25, 0.3) is 0 Å². The second kappa shape index (κ2) is 6.69. The molecule has 2 heterocycles. The monoisotopic (exact) mass is 313 g/mol. The highest BCUT2D eigenvalue weighted by molar-refractivity contribution is 5.97. The Labute approximate surface area is 137 Å². The van der Waals surface area contributed by atoms with Crippen molar-refractivity contribution in [2.45, 2.75) is 31.2 Å². The average molecular weight is 313 g/mol. The van der Waals surface area contributed by atoms with E-state index >= 15 is 0 Å². The number of nitriles is 1. The third kappa shape index (κ3) is 3.10. The van der Waals surface area contributed by atoms with Crippen molar-refractivity contribution < 1.29 is 9.53 Å². The number of nitrogens with zero attached hydrogens (tertiary/aromatic N) is 3. The summed E-state index contributed by atoms with van der Waals surface area (Å²) in [5.74, 6) is 0.157. The van der Waals surface area contributed by atoms with Gasteiger partial charge in [0, 0.05) is 37.8 Å². The van der Waals surface area contributed by atoms with Crippen molar-refractivity contribution in [2.75, 3.05) is 38.3 Å². The van der Waals surface area contributed by atoms with Gasteiger partial charge in [0.2, 0.25) is 5.91 Å². The molecule has 1 amide bonds. The summed E-state index contributed by atoms with van der Waals surface area (Å²) in [6.45, 7) is 3.31. The van der Waals surface area contributed by atoms with Crippen LogP contribution < -0.4 is 4.90 Å². The van der Waals surface area contributed by atoms with E-state index in [4.69, 9.17) is 10.00 Å². The number of rotatable bonds is 4. The molecule has 0 N–H and O–H groups in total. The Bertz CT molecular complexity index is 625. The molecule has 2 fully saturated rings. The maximum absolute atomic E-state index is 12.7. The summed E-state index contributed by atoms with van der Waals surface area (Å²) in [6.07, 6.45) is 3.97. The highest BCUT2D eigenvalue weighted by atomic mass is 16.5. The Morgan fingerprint density at radius 2 is 2.26 bits per heavy atom. The molecule has 122 valence electrons. The molecule has 5 nitrogen and oxygen atoms in total. The van der Waals surface area contributed by atoms with Crippen LogP contribution in [-0.2, 0) is 9.53 Å².